The van der Waals surface area contributed by atoms with Gasteiger partial charge in [-0.05, 0) is 18.7 Å². The highest BCUT2D eigenvalue weighted by molar-refractivity contribution is 5.66. The summed E-state index contributed by atoms with van der Waals surface area (Å²) >= 11 is 0. The lowest BCUT2D eigenvalue weighted by Crippen LogP contribution is -2.46. The summed E-state index contributed by atoms with van der Waals surface area (Å²) in [4.78, 5) is 14.4. The number of para-hydroxylation sites is 1. The first-order valence-electron chi connectivity index (χ1n) is 9.55. The van der Waals surface area contributed by atoms with E-state index in [-0.39, 0.29) is 0 Å². The molecule has 138 valence electrons. The van der Waals surface area contributed by atoms with Crippen molar-refractivity contribution >= 4 is 17.5 Å². The average molecular weight is 359 g/mol. The molecule has 1 fully saturated rings. The summed E-state index contributed by atoms with van der Waals surface area (Å²) in [6.45, 7) is 7.45. The van der Waals surface area contributed by atoms with E-state index in [1.165, 1.54) is 0 Å². The monoisotopic (exact) mass is 359 g/mol. The lowest BCUT2D eigenvalue weighted by Gasteiger charge is -2.35. The molecule has 1 aromatic heterocycles. The molecule has 0 aliphatic carbocycles. The van der Waals surface area contributed by atoms with Gasteiger partial charge in [0, 0.05) is 43.5 Å². The van der Waals surface area contributed by atoms with Crippen LogP contribution in [0.5, 0.6) is 0 Å². The highest BCUT2D eigenvalue weighted by Crippen LogP contribution is 2.25. The predicted octanol–water partition coefficient (Wildman–Crippen LogP) is 4.03. The summed E-state index contributed by atoms with van der Waals surface area (Å²) in [6, 6.07) is 22.5. The van der Waals surface area contributed by atoms with Crippen LogP contribution in [-0.2, 0) is 0 Å². The van der Waals surface area contributed by atoms with Crippen LogP contribution in [-0.4, -0.2) is 47.6 Å². The number of likely N-dealkylation sites (N-methyl/N-ethyl adjacent to an activating group) is 1. The van der Waals surface area contributed by atoms with Crippen LogP contribution in [0, 0.1) is 0 Å². The van der Waals surface area contributed by atoms with E-state index in [1.807, 2.05) is 48.5 Å². The second-order valence-electron chi connectivity index (χ2n) is 6.71. The summed E-state index contributed by atoms with van der Waals surface area (Å²) in [5.41, 5.74) is 3.03. The van der Waals surface area contributed by atoms with Crippen LogP contribution in [0.15, 0.2) is 66.7 Å². The van der Waals surface area contributed by atoms with Gasteiger partial charge < -0.3 is 15.1 Å². The van der Waals surface area contributed by atoms with Gasteiger partial charge in [-0.2, -0.15) is 4.98 Å². The normalized spacial score (nSPS) is 14.9. The first-order valence-corrected chi connectivity index (χ1v) is 9.55. The molecule has 4 rings (SSSR count). The number of piperazine rings is 1. The topological polar surface area (TPSA) is 44.3 Å². The Kier molecular flexibility index (Phi) is 5.30. The Morgan fingerprint density at radius 3 is 2.19 bits per heavy atom. The molecule has 2 heterocycles. The molecule has 0 saturated carbocycles. The van der Waals surface area contributed by atoms with Crippen molar-refractivity contribution in [2.45, 2.75) is 6.92 Å². The Morgan fingerprint density at radius 2 is 1.52 bits per heavy atom. The number of hydrogen-bond donors (Lipinski definition) is 1. The molecule has 1 aliphatic heterocycles. The third-order valence-corrected chi connectivity index (χ3v) is 4.96. The van der Waals surface area contributed by atoms with E-state index < -0.39 is 0 Å². The van der Waals surface area contributed by atoms with E-state index >= 15 is 0 Å². The SMILES string of the molecule is CCN1CCN(c2cc(-c3ccccc3)nc(Nc3ccccc3)n2)CC1. The smallest absolute Gasteiger partial charge is 0.229 e. The fourth-order valence-electron chi connectivity index (χ4n) is 3.35. The second kappa shape index (κ2) is 8.18. The van der Waals surface area contributed by atoms with E-state index in [2.05, 4.69) is 40.2 Å². The summed E-state index contributed by atoms with van der Waals surface area (Å²) in [5, 5.41) is 3.35. The average Bonchev–Trinajstić information content (AvgIpc) is 2.75. The fraction of sp³-hybridized carbons (Fsp3) is 0.273. The van der Waals surface area contributed by atoms with Gasteiger partial charge in [-0.1, -0.05) is 55.5 Å². The second-order valence-corrected chi connectivity index (χ2v) is 6.71. The molecule has 5 heteroatoms. The Bertz CT molecular complexity index is 858. The van der Waals surface area contributed by atoms with Crippen LogP contribution in [0.1, 0.15) is 6.92 Å². The molecule has 2 aromatic carbocycles. The number of hydrogen-bond acceptors (Lipinski definition) is 5. The minimum Gasteiger partial charge on any atom is -0.354 e. The van der Waals surface area contributed by atoms with Gasteiger partial charge in [0.05, 0.1) is 5.69 Å². The Hall–Kier alpha value is -2.92. The summed E-state index contributed by atoms with van der Waals surface area (Å²) in [6.07, 6.45) is 0. The van der Waals surface area contributed by atoms with Crippen molar-refractivity contribution < 1.29 is 0 Å². The maximum atomic E-state index is 4.81. The molecular weight excluding hydrogens is 334 g/mol. The molecule has 0 unspecified atom stereocenters. The van der Waals surface area contributed by atoms with E-state index in [0.717, 1.165) is 55.5 Å². The molecule has 1 N–H and O–H groups in total. The number of rotatable bonds is 5. The van der Waals surface area contributed by atoms with Gasteiger partial charge in [-0.3, -0.25) is 0 Å². The van der Waals surface area contributed by atoms with Gasteiger partial charge in [0.25, 0.3) is 0 Å². The van der Waals surface area contributed by atoms with Gasteiger partial charge in [-0.25, -0.2) is 4.98 Å². The van der Waals surface area contributed by atoms with Gasteiger partial charge in [-0.15, -0.1) is 0 Å². The molecule has 1 saturated heterocycles. The summed E-state index contributed by atoms with van der Waals surface area (Å²) in [7, 11) is 0. The van der Waals surface area contributed by atoms with Crippen molar-refractivity contribution in [2.24, 2.45) is 0 Å². The third kappa shape index (κ3) is 4.26. The zero-order valence-corrected chi connectivity index (χ0v) is 15.7. The minimum absolute atomic E-state index is 0.635. The van der Waals surface area contributed by atoms with Crippen LogP contribution in [0.25, 0.3) is 11.3 Å². The molecule has 1 aliphatic rings. The van der Waals surface area contributed by atoms with Crippen molar-refractivity contribution in [2.75, 3.05) is 42.9 Å². The van der Waals surface area contributed by atoms with Gasteiger partial charge in [0.1, 0.15) is 5.82 Å². The largest absolute Gasteiger partial charge is 0.354 e. The van der Waals surface area contributed by atoms with Crippen molar-refractivity contribution in [3.63, 3.8) is 0 Å². The number of nitrogens with one attached hydrogen (secondary N) is 1. The number of nitrogens with zero attached hydrogens (tertiary/aromatic N) is 4. The number of anilines is 3. The number of aromatic nitrogens is 2. The van der Waals surface area contributed by atoms with Crippen LogP contribution in [0.2, 0.25) is 0 Å². The van der Waals surface area contributed by atoms with Gasteiger partial charge in [0.2, 0.25) is 5.95 Å². The van der Waals surface area contributed by atoms with Crippen molar-refractivity contribution in [3.8, 4) is 11.3 Å². The molecule has 0 bridgehead atoms. The third-order valence-electron chi connectivity index (χ3n) is 4.96. The molecule has 0 spiro atoms. The molecule has 0 amide bonds. The van der Waals surface area contributed by atoms with E-state index in [1.54, 1.807) is 0 Å². The number of benzene rings is 2. The Labute approximate surface area is 160 Å². The molecule has 0 atom stereocenters. The van der Waals surface area contributed by atoms with Gasteiger partial charge in [0.15, 0.2) is 0 Å². The van der Waals surface area contributed by atoms with Crippen molar-refractivity contribution in [1.82, 2.24) is 14.9 Å². The zero-order chi connectivity index (χ0) is 18.5. The molecule has 5 nitrogen and oxygen atoms in total. The van der Waals surface area contributed by atoms with Crippen molar-refractivity contribution in [1.29, 1.82) is 0 Å². The minimum atomic E-state index is 0.635. The van der Waals surface area contributed by atoms with Gasteiger partial charge >= 0.3 is 0 Å². The zero-order valence-electron chi connectivity index (χ0n) is 15.7. The van der Waals surface area contributed by atoms with Crippen LogP contribution in [0.4, 0.5) is 17.5 Å². The Balaban J connectivity index is 1.66. The van der Waals surface area contributed by atoms with Crippen LogP contribution < -0.4 is 10.2 Å². The summed E-state index contributed by atoms with van der Waals surface area (Å²) in [5.74, 6) is 1.62. The lowest BCUT2D eigenvalue weighted by molar-refractivity contribution is 0.270. The standard InChI is InChI=1S/C22H25N5/c1-2-26-13-15-27(16-14-26)21-17-20(18-9-5-3-6-10-18)24-22(25-21)23-19-11-7-4-8-12-19/h3-12,17H,2,13-16H2,1H3,(H,23,24,25). The van der Waals surface area contributed by atoms with Crippen LogP contribution >= 0.6 is 0 Å². The lowest BCUT2D eigenvalue weighted by atomic mass is 10.1. The highest BCUT2D eigenvalue weighted by Gasteiger charge is 2.18. The molecular formula is C22H25N5. The highest BCUT2D eigenvalue weighted by atomic mass is 15.3. The fourth-order valence-corrected chi connectivity index (χ4v) is 3.35. The first-order chi connectivity index (χ1) is 13.3. The molecule has 0 radical (unpaired) electrons. The maximum absolute atomic E-state index is 4.81. The quantitative estimate of drug-likeness (QED) is 0.745. The van der Waals surface area contributed by atoms with Crippen molar-refractivity contribution in [3.05, 3.63) is 66.7 Å². The first kappa shape index (κ1) is 17.5. The van der Waals surface area contributed by atoms with Crippen LogP contribution in [0.3, 0.4) is 0 Å². The Morgan fingerprint density at radius 1 is 0.852 bits per heavy atom. The van der Waals surface area contributed by atoms with E-state index in [4.69, 9.17) is 9.97 Å². The maximum Gasteiger partial charge on any atom is 0.229 e. The molecule has 27 heavy (non-hydrogen) atoms. The van der Waals surface area contributed by atoms with E-state index in [0.29, 0.717) is 5.95 Å². The van der Waals surface area contributed by atoms with E-state index in [9.17, 15) is 0 Å². The predicted molar refractivity (Wildman–Crippen MR) is 112 cm³/mol. The molecule has 3 aromatic rings. The summed E-state index contributed by atoms with van der Waals surface area (Å²) < 4.78 is 0.